The fourth-order valence-electron chi connectivity index (χ4n) is 3.30. The van der Waals surface area contributed by atoms with E-state index in [0.717, 1.165) is 24.5 Å². The monoisotopic (exact) mass is 340 g/mol. The van der Waals surface area contributed by atoms with Crippen LogP contribution in [0.1, 0.15) is 18.7 Å². The quantitative estimate of drug-likeness (QED) is 0.732. The van der Waals surface area contributed by atoms with Crippen molar-refractivity contribution in [1.82, 2.24) is 35.0 Å². The van der Waals surface area contributed by atoms with Crippen LogP contribution in [0.15, 0.2) is 36.7 Å². The molecule has 1 saturated heterocycles. The zero-order valence-electron chi connectivity index (χ0n) is 14.0. The van der Waals surface area contributed by atoms with Crippen LogP contribution in [0.4, 0.5) is 5.95 Å². The maximum Gasteiger partial charge on any atom is 0.250 e. The number of rotatable bonds is 4. The van der Waals surface area contributed by atoms with Gasteiger partial charge in [-0.05, 0) is 35.4 Å². The molecule has 0 radical (unpaired) electrons. The number of aryl methyl sites for hydroxylation is 1. The van der Waals surface area contributed by atoms with E-state index in [-0.39, 0.29) is 0 Å². The Morgan fingerprint density at radius 1 is 1.20 bits per heavy atom. The standard InChI is InChI=1S/C16H20N8O/c1-22-12-17-18-14(22)10-16(25)8-5-9-23(11-16)15-19-20-21-24(15)13-6-3-2-4-7-13/h2-4,6-7,12,25H,5,8-11H2,1H3. The number of anilines is 1. The Hall–Kier alpha value is -2.81. The molecule has 1 aliphatic rings. The van der Waals surface area contributed by atoms with Crippen LogP contribution in [0, 0.1) is 0 Å². The van der Waals surface area contributed by atoms with Gasteiger partial charge in [-0.25, -0.2) is 0 Å². The highest BCUT2D eigenvalue weighted by molar-refractivity contribution is 5.41. The highest BCUT2D eigenvalue weighted by atomic mass is 16.3. The smallest absolute Gasteiger partial charge is 0.250 e. The lowest BCUT2D eigenvalue weighted by Gasteiger charge is -2.39. The van der Waals surface area contributed by atoms with Gasteiger partial charge in [0.05, 0.1) is 17.8 Å². The summed E-state index contributed by atoms with van der Waals surface area (Å²) < 4.78 is 3.54. The molecule has 25 heavy (non-hydrogen) atoms. The van der Waals surface area contributed by atoms with Gasteiger partial charge in [-0.2, -0.15) is 4.68 Å². The van der Waals surface area contributed by atoms with E-state index < -0.39 is 5.60 Å². The van der Waals surface area contributed by atoms with Crippen molar-refractivity contribution < 1.29 is 5.11 Å². The highest BCUT2D eigenvalue weighted by Crippen LogP contribution is 2.28. The van der Waals surface area contributed by atoms with E-state index in [2.05, 4.69) is 25.7 Å². The topological polar surface area (TPSA) is 97.8 Å². The molecule has 3 aromatic rings. The lowest BCUT2D eigenvalue weighted by Crippen LogP contribution is -2.50. The largest absolute Gasteiger partial charge is 0.388 e. The molecule has 0 saturated carbocycles. The van der Waals surface area contributed by atoms with Crippen LogP contribution in [0.5, 0.6) is 0 Å². The molecule has 1 fully saturated rings. The van der Waals surface area contributed by atoms with E-state index >= 15 is 0 Å². The van der Waals surface area contributed by atoms with Gasteiger partial charge in [0.15, 0.2) is 0 Å². The minimum absolute atomic E-state index is 0.451. The third kappa shape index (κ3) is 3.10. The number of piperidine rings is 1. The van der Waals surface area contributed by atoms with E-state index in [1.807, 2.05) is 46.8 Å². The number of β-amino-alcohol motifs (C(OH)–C–C–N with tert-alkyl or cyclic N) is 1. The van der Waals surface area contributed by atoms with Crippen molar-refractivity contribution in [1.29, 1.82) is 0 Å². The molecule has 1 aliphatic heterocycles. The first-order chi connectivity index (χ1) is 12.1. The van der Waals surface area contributed by atoms with E-state index in [9.17, 15) is 5.11 Å². The van der Waals surface area contributed by atoms with Gasteiger partial charge in [0, 0.05) is 20.0 Å². The molecule has 1 aromatic carbocycles. The summed E-state index contributed by atoms with van der Waals surface area (Å²) >= 11 is 0. The number of hydrogen-bond acceptors (Lipinski definition) is 7. The van der Waals surface area contributed by atoms with E-state index in [1.165, 1.54) is 0 Å². The summed E-state index contributed by atoms with van der Waals surface area (Å²) in [6.45, 7) is 1.25. The molecule has 0 spiro atoms. The highest BCUT2D eigenvalue weighted by Gasteiger charge is 2.36. The van der Waals surface area contributed by atoms with E-state index in [4.69, 9.17) is 0 Å². The van der Waals surface area contributed by atoms with Gasteiger partial charge in [-0.15, -0.1) is 10.2 Å². The lowest BCUT2D eigenvalue weighted by molar-refractivity contribution is 0.0233. The third-order valence-electron chi connectivity index (χ3n) is 4.58. The van der Waals surface area contributed by atoms with Crippen LogP contribution < -0.4 is 4.90 Å². The van der Waals surface area contributed by atoms with Crippen LogP contribution in [0.25, 0.3) is 5.69 Å². The van der Waals surface area contributed by atoms with Gasteiger partial charge in [0.2, 0.25) is 5.95 Å². The van der Waals surface area contributed by atoms with Crippen molar-refractivity contribution in [2.75, 3.05) is 18.0 Å². The Balaban J connectivity index is 1.58. The van der Waals surface area contributed by atoms with Gasteiger partial charge in [-0.1, -0.05) is 23.3 Å². The number of aliphatic hydroxyl groups is 1. The molecule has 1 unspecified atom stereocenters. The van der Waals surface area contributed by atoms with Crippen molar-refractivity contribution in [2.45, 2.75) is 24.9 Å². The molecule has 1 atom stereocenters. The molecule has 0 aliphatic carbocycles. The summed E-state index contributed by atoms with van der Waals surface area (Å²) in [6.07, 6.45) is 3.67. The molecule has 0 bridgehead atoms. The van der Waals surface area contributed by atoms with Gasteiger partial charge < -0.3 is 14.6 Å². The summed E-state index contributed by atoms with van der Waals surface area (Å²) in [5.74, 6) is 1.41. The molecule has 9 heteroatoms. The molecule has 2 aromatic heterocycles. The number of aromatic nitrogens is 7. The van der Waals surface area contributed by atoms with Crippen LogP contribution in [-0.4, -0.2) is 58.8 Å². The molecule has 9 nitrogen and oxygen atoms in total. The van der Waals surface area contributed by atoms with Crippen LogP contribution in [0.3, 0.4) is 0 Å². The zero-order valence-corrected chi connectivity index (χ0v) is 14.0. The summed E-state index contributed by atoms with van der Waals surface area (Å²) in [5, 5.41) is 31.2. The molecule has 4 rings (SSSR count). The minimum atomic E-state index is -0.882. The second kappa shape index (κ2) is 6.25. The van der Waals surface area contributed by atoms with Crippen molar-refractivity contribution in [3.8, 4) is 5.69 Å². The number of hydrogen-bond donors (Lipinski definition) is 1. The Morgan fingerprint density at radius 2 is 2.04 bits per heavy atom. The average Bonchev–Trinajstić information content (AvgIpc) is 3.25. The first kappa shape index (κ1) is 15.7. The fourth-order valence-corrected chi connectivity index (χ4v) is 3.30. The van der Waals surface area contributed by atoms with E-state index in [1.54, 1.807) is 11.0 Å². The Bertz CT molecular complexity index is 845. The van der Waals surface area contributed by atoms with E-state index in [0.29, 0.717) is 25.3 Å². The van der Waals surface area contributed by atoms with Crippen LogP contribution in [0.2, 0.25) is 0 Å². The van der Waals surface area contributed by atoms with Crippen LogP contribution in [-0.2, 0) is 13.5 Å². The maximum atomic E-state index is 11.1. The third-order valence-corrected chi connectivity index (χ3v) is 4.58. The number of tetrazole rings is 1. The van der Waals surface area contributed by atoms with Gasteiger partial charge in [-0.3, -0.25) is 0 Å². The first-order valence-electron chi connectivity index (χ1n) is 8.29. The van der Waals surface area contributed by atoms with Crippen molar-refractivity contribution >= 4 is 5.95 Å². The second-order valence-electron chi connectivity index (χ2n) is 6.51. The Morgan fingerprint density at radius 3 is 2.80 bits per heavy atom. The Labute approximate surface area is 144 Å². The second-order valence-corrected chi connectivity index (χ2v) is 6.51. The number of benzene rings is 1. The zero-order chi connectivity index (χ0) is 17.3. The SMILES string of the molecule is Cn1cnnc1CC1(O)CCCN(c2nnnn2-c2ccccc2)C1. The molecular formula is C16H20N8O. The van der Waals surface area contributed by atoms with Gasteiger partial charge in [0.1, 0.15) is 12.2 Å². The maximum absolute atomic E-state index is 11.1. The Kier molecular flexibility index (Phi) is 3.92. The van der Waals surface area contributed by atoms with Crippen molar-refractivity contribution in [3.05, 3.63) is 42.5 Å². The molecular weight excluding hydrogens is 320 g/mol. The molecule has 130 valence electrons. The molecule has 1 N–H and O–H groups in total. The number of para-hydroxylation sites is 1. The fraction of sp³-hybridized carbons (Fsp3) is 0.438. The minimum Gasteiger partial charge on any atom is -0.388 e. The van der Waals surface area contributed by atoms with Crippen molar-refractivity contribution in [2.24, 2.45) is 7.05 Å². The molecule has 3 heterocycles. The van der Waals surface area contributed by atoms with Gasteiger partial charge in [0.25, 0.3) is 0 Å². The molecule has 0 amide bonds. The van der Waals surface area contributed by atoms with Crippen LogP contribution >= 0.6 is 0 Å². The predicted octanol–water partition coefficient (Wildman–Crippen LogP) is 0.365. The summed E-state index contributed by atoms with van der Waals surface area (Å²) in [7, 11) is 1.88. The lowest BCUT2D eigenvalue weighted by atomic mass is 9.89. The van der Waals surface area contributed by atoms with Crippen molar-refractivity contribution in [3.63, 3.8) is 0 Å². The predicted molar refractivity (Wildman–Crippen MR) is 90.3 cm³/mol. The summed E-state index contributed by atoms with van der Waals surface area (Å²) in [5.41, 5.74) is 0.0110. The normalized spacial score (nSPS) is 20.8. The summed E-state index contributed by atoms with van der Waals surface area (Å²) in [4.78, 5) is 2.03. The van der Waals surface area contributed by atoms with Gasteiger partial charge >= 0.3 is 0 Å². The summed E-state index contributed by atoms with van der Waals surface area (Å²) in [6, 6.07) is 9.75. The average molecular weight is 340 g/mol. The number of nitrogens with zero attached hydrogens (tertiary/aromatic N) is 8. The first-order valence-corrected chi connectivity index (χ1v) is 8.29.